The molecule has 80 heavy (non-hydrogen) atoms. The molecule has 21 N–H and O–H groups in total. The Morgan fingerprint density at radius 3 is 1.26 bits per heavy atom. The summed E-state index contributed by atoms with van der Waals surface area (Å²) in [6.45, 7) is 4.85. The second-order valence-electron chi connectivity index (χ2n) is 20.8. The van der Waals surface area contributed by atoms with Gasteiger partial charge in [0.1, 0.15) is 53.2 Å². The minimum absolute atomic E-state index is 0.183. The summed E-state index contributed by atoms with van der Waals surface area (Å²) in [7, 11) is 0. The van der Waals surface area contributed by atoms with Gasteiger partial charge in [-0.05, 0) is 55.7 Å². The van der Waals surface area contributed by atoms with E-state index in [1.54, 1.807) is 31.9 Å². The van der Waals surface area contributed by atoms with Crippen LogP contribution in [0.25, 0.3) is 33.5 Å². The van der Waals surface area contributed by atoms with E-state index in [0.717, 1.165) is 25.7 Å². The quantitative estimate of drug-likeness (QED) is 0.0405. The van der Waals surface area contributed by atoms with Gasteiger partial charge in [0.25, 0.3) is 0 Å². The minimum atomic E-state index is -1.13. The number of imidazole rings is 3. The molecule has 9 heterocycles. The summed E-state index contributed by atoms with van der Waals surface area (Å²) in [6, 6.07) is 0.478. The zero-order valence-corrected chi connectivity index (χ0v) is 44.5. The Morgan fingerprint density at radius 2 is 0.938 bits per heavy atom. The van der Waals surface area contributed by atoms with Crippen LogP contribution in [0.15, 0.2) is 55.8 Å². The van der Waals surface area contributed by atoms with Crippen molar-refractivity contribution in [1.82, 2.24) is 59.6 Å². The van der Waals surface area contributed by atoms with Crippen molar-refractivity contribution in [1.29, 1.82) is 0 Å². The number of rotatable bonds is 18. The van der Waals surface area contributed by atoms with Gasteiger partial charge < -0.3 is 95.2 Å². The molecule has 3 amide bonds. The highest BCUT2D eigenvalue weighted by atomic mass is 16.6. The third-order valence-electron chi connectivity index (χ3n) is 14.6. The van der Waals surface area contributed by atoms with Crippen molar-refractivity contribution in [2.75, 3.05) is 37.0 Å². The van der Waals surface area contributed by atoms with Crippen LogP contribution in [0.2, 0.25) is 0 Å². The molecule has 30 heteroatoms. The average Bonchev–Trinajstić information content (AvgIpc) is 3.86. The van der Waals surface area contributed by atoms with Gasteiger partial charge in [-0.15, -0.1) is 0 Å². The molecule has 1 saturated carbocycles. The standard InChI is InChI=1S/2C17H26N6O4.C16H22N6O4/c1-8(2)5-10(19)16(26)22-13-11(6-24)27-17(14(13)25)23-7-21-12-9(18)3-4-20-15(12)23;1-2-3-4-10(19)16(26)22-13-11(7-24)27-17(14(13)25)23-8-21-12-9(18)5-6-20-15(12)23;17-8-3-4-19-14-11(8)20-6-22(14)16-13(24)12(9(5-23)26-16)21-15(25)10(18)7-1-2-7/h3-4,7-8,10-11,13-14,17,24-25H,5-6,19H2,1-2H3,(H2,18,20)(H,22,26);5-6,8,10-11,13-14,17,24-25H,2-4,7,19H2,1H3,(H2,18,20)(H,22,26);3-4,6-7,9-10,12-13,16,23-24H,1-2,5,18H2,(H2,17,19)(H,21,25)/t2*10?,11-,13?,14+,17-;9-,10?,12?,13+,16-/m111/s1. The summed E-state index contributed by atoms with van der Waals surface area (Å²) in [5.74, 6) is -0.688. The second-order valence-corrected chi connectivity index (χ2v) is 20.8. The summed E-state index contributed by atoms with van der Waals surface area (Å²) in [6.07, 6.45) is 5.35. The van der Waals surface area contributed by atoms with Gasteiger partial charge in [0, 0.05) is 18.6 Å². The molecule has 3 saturated heterocycles. The normalized spacial score (nSPS) is 27.6. The number of amides is 3. The van der Waals surface area contributed by atoms with Gasteiger partial charge in [0.2, 0.25) is 17.7 Å². The van der Waals surface area contributed by atoms with Gasteiger partial charge >= 0.3 is 0 Å². The first kappa shape index (κ1) is 59.3. The molecule has 6 aromatic heterocycles. The maximum absolute atomic E-state index is 12.4. The Hall–Kier alpha value is -6.81. The number of carbonyl (C=O) groups is 3. The molecule has 0 spiro atoms. The number of ether oxygens (including phenoxy) is 3. The molecular formula is C50H74N18O12. The number of unbranched alkanes of at least 4 members (excludes halogenated alkanes) is 1. The van der Waals surface area contributed by atoms with Crippen molar-refractivity contribution < 1.29 is 59.2 Å². The molecule has 4 aliphatic rings. The number of hydrogen-bond acceptors (Lipinski definition) is 24. The number of nitrogens with zero attached hydrogens (tertiary/aromatic N) is 9. The van der Waals surface area contributed by atoms with Gasteiger partial charge in [-0.3, -0.25) is 28.1 Å². The lowest BCUT2D eigenvalue weighted by Gasteiger charge is -2.23. The third kappa shape index (κ3) is 12.5. The van der Waals surface area contributed by atoms with Crippen molar-refractivity contribution >= 4 is 68.3 Å². The summed E-state index contributed by atoms with van der Waals surface area (Å²) < 4.78 is 22.0. The van der Waals surface area contributed by atoms with Crippen molar-refractivity contribution in [3.05, 3.63) is 55.8 Å². The first-order chi connectivity index (χ1) is 38.3. The van der Waals surface area contributed by atoms with E-state index in [2.05, 4.69) is 45.9 Å². The SMILES string of the molecule is CC(C)CC(N)C(=O)NC1[C@@H](CO)O[C@@H](n2cnc3c(N)ccnc32)[C@H]1O.CCCCC(N)C(=O)NC1[C@@H](CO)O[C@@H](n2cnc3c(N)ccnc32)[C@H]1O.Nc1ccnc2c1ncn2[C@@H]1O[C@H](CO)C(NC(=O)C(N)C2CC2)[C@@H]1O. The van der Waals surface area contributed by atoms with Crippen LogP contribution in [0.4, 0.5) is 17.1 Å². The molecule has 3 aliphatic heterocycles. The van der Waals surface area contributed by atoms with E-state index in [0.29, 0.717) is 63.4 Å². The lowest BCUT2D eigenvalue weighted by atomic mass is 10.0. The summed E-state index contributed by atoms with van der Waals surface area (Å²) in [5, 5.41) is 69.3. The molecule has 10 rings (SSSR count). The Balaban J connectivity index is 0.000000158. The molecule has 4 fully saturated rings. The number of anilines is 3. The van der Waals surface area contributed by atoms with E-state index in [1.165, 1.54) is 37.6 Å². The Bertz CT molecular complexity index is 3070. The zero-order valence-electron chi connectivity index (χ0n) is 44.5. The van der Waals surface area contributed by atoms with E-state index in [4.69, 9.17) is 48.6 Å². The largest absolute Gasteiger partial charge is 0.397 e. The van der Waals surface area contributed by atoms with Gasteiger partial charge in [-0.2, -0.15) is 0 Å². The predicted molar refractivity (Wildman–Crippen MR) is 288 cm³/mol. The van der Waals surface area contributed by atoms with Crippen molar-refractivity contribution in [3.63, 3.8) is 0 Å². The summed E-state index contributed by atoms with van der Waals surface area (Å²) in [5.41, 5.74) is 39.6. The smallest absolute Gasteiger partial charge is 0.237 e. The van der Waals surface area contributed by atoms with Crippen LogP contribution in [-0.4, -0.2) is 185 Å². The summed E-state index contributed by atoms with van der Waals surface area (Å²) in [4.78, 5) is 62.3. The van der Waals surface area contributed by atoms with Crippen LogP contribution in [-0.2, 0) is 28.6 Å². The highest BCUT2D eigenvalue weighted by Gasteiger charge is 2.49. The summed E-state index contributed by atoms with van der Waals surface area (Å²) >= 11 is 0. The van der Waals surface area contributed by atoms with E-state index in [-0.39, 0.29) is 43.5 Å². The predicted octanol–water partition coefficient (Wildman–Crippen LogP) is -3.13. The van der Waals surface area contributed by atoms with Crippen molar-refractivity contribution in [2.24, 2.45) is 29.0 Å². The molecule has 30 nitrogen and oxygen atoms in total. The van der Waals surface area contributed by atoms with Crippen LogP contribution in [0, 0.1) is 11.8 Å². The van der Waals surface area contributed by atoms with Gasteiger partial charge in [-0.1, -0.05) is 33.6 Å². The molecular weight excluding hydrogens is 1040 g/mol. The third-order valence-corrected chi connectivity index (χ3v) is 14.6. The topological polar surface area (TPSA) is 485 Å². The molecule has 1 aliphatic carbocycles. The number of nitrogens with two attached hydrogens (primary N) is 6. The van der Waals surface area contributed by atoms with Gasteiger partial charge in [0.15, 0.2) is 35.6 Å². The molecule has 15 atom stereocenters. The maximum atomic E-state index is 12.4. The van der Waals surface area contributed by atoms with E-state index in [1.807, 2.05) is 20.8 Å². The first-order valence-electron chi connectivity index (χ1n) is 26.5. The lowest BCUT2D eigenvalue weighted by molar-refractivity contribution is -0.125. The molecule has 436 valence electrons. The number of aliphatic hydroxyl groups is 6. The highest BCUT2D eigenvalue weighted by molar-refractivity contribution is 5.86. The van der Waals surface area contributed by atoms with Crippen molar-refractivity contribution in [2.45, 2.75) is 151 Å². The number of aliphatic hydroxyl groups excluding tert-OH is 6. The highest BCUT2D eigenvalue weighted by Crippen LogP contribution is 2.36. The van der Waals surface area contributed by atoms with E-state index in [9.17, 15) is 45.0 Å². The molecule has 0 radical (unpaired) electrons. The van der Waals surface area contributed by atoms with E-state index >= 15 is 0 Å². The van der Waals surface area contributed by atoms with Gasteiger partial charge in [-0.25, -0.2) is 29.9 Å². The molecule has 0 aromatic carbocycles. The number of hydrogen-bond donors (Lipinski definition) is 15. The van der Waals surface area contributed by atoms with Crippen LogP contribution >= 0.6 is 0 Å². The number of fused-ring (bicyclic) bond motifs is 3. The fourth-order valence-corrected chi connectivity index (χ4v) is 9.98. The molecule has 6 aromatic rings. The number of carbonyl (C=O) groups excluding carboxylic acids is 3. The van der Waals surface area contributed by atoms with Crippen LogP contribution in [0.5, 0.6) is 0 Å². The second kappa shape index (κ2) is 25.8. The van der Waals surface area contributed by atoms with Crippen LogP contribution in [0.1, 0.15) is 78.0 Å². The average molecular weight is 1120 g/mol. The lowest BCUT2D eigenvalue weighted by Crippen LogP contribution is -2.53. The minimum Gasteiger partial charge on any atom is -0.397 e. The van der Waals surface area contributed by atoms with Gasteiger partial charge in [0.05, 0.1) is 92.1 Å². The number of pyridine rings is 3. The maximum Gasteiger partial charge on any atom is 0.237 e. The number of nitrogens with one attached hydrogen (secondary N) is 3. The monoisotopic (exact) mass is 1120 g/mol. The van der Waals surface area contributed by atoms with Crippen molar-refractivity contribution in [3.8, 4) is 0 Å². The fraction of sp³-hybridized carbons (Fsp3) is 0.580. The number of aromatic nitrogens is 9. The van der Waals surface area contributed by atoms with Crippen LogP contribution < -0.4 is 50.4 Å². The zero-order chi connectivity index (χ0) is 57.7. The Kier molecular flexibility index (Phi) is 19.1. The Morgan fingerprint density at radius 1 is 0.588 bits per heavy atom. The van der Waals surface area contributed by atoms with Crippen LogP contribution in [0.3, 0.4) is 0 Å². The van der Waals surface area contributed by atoms with E-state index < -0.39 is 97.5 Å². The number of nitrogen functional groups attached to an aromatic ring is 3. The molecule has 0 bridgehead atoms. The first-order valence-corrected chi connectivity index (χ1v) is 26.5. The Labute approximate surface area is 458 Å². The fourth-order valence-electron chi connectivity index (χ4n) is 9.98. The molecule has 6 unspecified atom stereocenters.